The Morgan fingerprint density at radius 1 is 1.69 bits per heavy atom. The second kappa shape index (κ2) is 3.97. The van der Waals surface area contributed by atoms with Gasteiger partial charge in [-0.25, -0.2) is 0 Å². The van der Waals surface area contributed by atoms with Crippen LogP contribution in [0.1, 0.15) is 11.4 Å². The van der Waals surface area contributed by atoms with Crippen molar-refractivity contribution >= 4 is 22.0 Å². The lowest BCUT2D eigenvalue weighted by molar-refractivity contribution is 0.270. The van der Waals surface area contributed by atoms with Gasteiger partial charge in [-0.05, 0) is 15.9 Å². The summed E-state index contributed by atoms with van der Waals surface area (Å²) < 4.78 is 25.5. The first-order valence-corrected chi connectivity index (χ1v) is 4.20. The number of hydrogen-bond acceptors (Lipinski definition) is 2. The average Bonchev–Trinajstić information content (AvgIpc) is 2.26. The van der Waals surface area contributed by atoms with E-state index in [1.165, 1.54) is 4.68 Å². The van der Waals surface area contributed by atoms with Crippen LogP contribution >= 0.6 is 15.9 Å². The van der Waals surface area contributed by atoms with E-state index < -0.39 is 6.08 Å². The lowest BCUT2D eigenvalue weighted by Crippen LogP contribution is -1.97. The number of rotatable bonds is 2. The summed E-state index contributed by atoms with van der Waals surface area (Å²) in [6.45, 7) is -0.244. The van der Waals surface area contributed by atoms with Crippen LogP contribution in [0.2, 0.25) is 0 Å². The van der Waals surface area contributed by atoms with Gasteiger partial charge in [0, 0.05) is 13.1 Å². The molecule has 6 heteroatoms. The molecule has 0 unspecified atom stereocenters. The Morgan fingerprint density at radius 3 is 2.69 bits per heavy atom. The zero-order valence-corrected chi connectivity index (χ0v) is 8.35. The molecular formula is C7H7BrF2N2O. The Balaban J connectivity index is 3.18. The summed E-state index contributed by atoms with van der Waals surface area (Å²) in [4.78, 5) is 0. The number of aliphatic hydroxyl groups is 1. The van der Waals surface area contributed by atoms with Crippen LogP contribution in [-0.4, -0.2) is 14.9 Å². The smallest absolute Gasteiger partial charge is 0.272 e. The summed E-state index contributed by atoms with van der Waals surface area (Å²) in [6.07, 6.45) is -1.17. The third-order valence-electron chi connectivity index (χ3n) is 1.52. The molecule has 1 rings (SSSR count). The molecule has 3 nitrogen and oxygen atoms in total. The second-order valence-electron chi connectivity index (χ2n) is 2.36. The highest BCUT2D eigenvalue weighted by atomic mass is 79.9. The van der Waals surface area contributed by atoms with Crippen LogP contribution in [0, 0.1) is 0 Å². The number of aromatic nitrogens is 2. The van der Waals surface area contributed by atoms with Gasteiger partial charge in [-0.15, -0.1) is 0 Å². The van der Waals surface area contributed by atoms with Gasteiger partial charge in [0.25, 0.3) is 6.08 Å². The molecule has 0 saturated heterocycles. The second-order valence-corrected chi connectivity index (χ2v) is 3.15. The first-order chi connectivity index (χ1) is 6.06. The molecule has 0 amide bonds. The predicted molar refractivity (Wildman–Crippen MR) is 47.0 cm³/mol. The lowest BCUT2D eigenvalue weighted by Gasteiger charge is -1.94. The summed E-state index contributed by atoms with van der Waals surface area (Å²) in [7, 11) is 1.57. The summed E-state index contributed by atoms with van der Waals surface area (Å²) in [5.41, 5.74) is 0.582. The van der Waals surface area contributed by atoms with Crippen molar-refractivity contribution in [3.63, 3.8) is 0 Å². The highest BCUT2D eigenvalue weighted by molar-refractivity contribution is 9.10. The van der Waals surface area contributed by atoms with Gasteiger partial charge in [-0.3, -0.25) is 4.68 Å². The molecule has 72 valence electrons. The van der Waals surface area contributed by atoms with E-state index in [9.17, 15) is 8.78 Å². The van der Waals surface area contributed by atoms with E-state index in [1.54, 1.807) is 7.05 Å². The number of halogens is 3. The van der Waals surface area contributed by atoms with Crippen molar-refractivity contribution < 1.29 is 13.9 Å². The van der Waals surface area contributed by atoms with Gasteiger partial charge in [-0.2, -0.15) is 13.9 Å². The summed E-state index contributed by atoms with van der Waals surface area (Å²) in [6, 6.07) is 0. The van der Waals surface area contributed by atoms with Crippen molar-refractivity contribution in [2.24, 2.45) is 7.05 Å². The van der Waals surface area contributed by atoms with E-state index in [4.69, 9.17) is 5.11 Å². The van der Waals surface area contributed by atoms with E-state index in [0.717, 1.165) is 0 Å². The largest absolute Gasteiger partial charge is 0.390 e. The number of nitrogens with zero attached hydrogens (tertiary/aromatic N) is 2. The van der Waals surface area contributed by atoms with E-state index in [1.807, 2.05) is 0 Å². The molecule has 0 spiro atoms. The fraction of sp³-hybridized carbons (Fsp3) is 0.286. The highest BCUT2D eigenvalue weighted by Crippen LogP contribution is 2.23. The first kappa shape index (κ1) is 10.3. The van der Waals surface area contributed by atoms with Gasteiger partial charge in [0.05, 0.1) is 16.8 Å². The molecule has 0 radical (unpaired) electrons. The third-order valence-corrected chi connectivity index (χ3v) is 2.39. The molecule has 0 aromatic carbocycles. The van der Waals surface area contributed by atoms with Crippen LogP contribution in [0.3, 0.4) is 0 Å². The van der Waals surface area contributed by atoms with Crippen LogP contribution in [0.25, 0.3) is 6.08 Å². The van der Waals surface area contributed by atoms with E-state index in [-0.39, 0.29) is 12.3 Å². The summed E-state index contributed by atoms with van der Waals surface area (Å²) >= 11 is 3.07. The van der Waals surface area contributed by atoms with Crippen molar-refractivity contribution in [2.75, 3.05) is 0 Å². The van der Waals surface area contributed by atoms with Crippen molar-refractivity contribution in [1.82, 2.24) is 9.78 Å². The zero-order valence-electron chi connectivity index (χ0n) is 6.76. The summed E-state index contributed by atoms with van der Waals surface area (Å²) in [5, 5.41) is 12.6. The number of aryl methyl sites for hydroxylation is 1. The molecule has 1 aromatic rings. The minimum absolute atomic E-state index is 0.117. The molecule has 1 N–H and O–H groups in total. The fourth-order valence-electron chi connectivity index (χ4n) is 0.923. The van der Waals surface area contributed by atoms with Crippen molar-refractivity contribution in [1.29, 1.82) is 0 Å². The van der Waals surface area contributed by atoms with Gasteiger partial charge in [0.1, 0.15) is 5.69 Å². The highest BCUT2D eigenvalue weighted by Gasteiger charge is 2.11. The quantitative estimate of drug-likeness (QED) is 0.874. The monoisotopic (exact) mass is 252 g/mol. The molecule has 0 atom stereocenters. The maximum atomic E-state index is 11.9. The number of hydrogen-bond donors (Lipinski definition) is 1. The zero-order chi connectivity index (χ0) is 10.0. The minimum Gasteiger partial charge on any atom is -0.390 e. The minimum atomic E-state index is -1.82. The van der Waals surface area contributed by atoms with Crippen molar-refractivity contribution in [2.45, 2.75) is 6.61 Å². The van der Waals surface area contributed by atoms with Gasteiger partial charge in [0.15, 0.2) is 0 Å². The van der Waals surface area contributed by atoms with Gasteiger partial charge >= 0.3 is 0 Å². The lowest BCUT2D eigenvalue weighted by atomic mass is 10.3. The normalized spacial score (nSPS) is 10.2. The molecule has 0 aliphatic heterocycles. The SMILES string of the molecule is Cn1nc(C=C(F)F)c(Br)c1CO. The van der Waals surface area contributed by atoms with Gasteiger partial charge in [-0.1, -0.05) is 0 Å². The maximum absolute atomic E-state index is 11.9. The van der Waals surface area contributed by atoms with Gasteiger partial charge in [0.2, 0.25) is 0 Å². The molecule has 1 aromatic heterocycles. The maximum Gasteiger partial charge on any atom is 0.272 e. The van der Waals surface area contributed by atoms with E-state index in [0.29, 0.717) is 16.2 Å². The molecule has 0 bridgehead atoms. The molecule has 1 heterocycles. The molecule has 0 aliphatic rings. The van der Waals surface area contributed by atoms with E-state index in [2.05, 4.69) is 21.0 Å². The summed E-state index contributed by atoms with van der Waals surface area (Å²) in [5.74, 6) is 0. The van der Waals surface area contributed by atoms with Crippen LogP contribution in [0.5, 0.6) is 0 Å². The standard InChI is InChI=1S/C7H7BrF2N2O/c1-12-5(3-13)7(8)4(11-12)2-6(9)10/h2,13H,3H2,1H3. The van der Waals surface area contributed by atoms with Crippen LogP contribution in [0.4, 0.5) is 8.78 Å². The van der Waals surface area contributed by atoms with E-state index >= 15 is 0 Å². The fourth-order valence-corrected chi connectivity index (χ4v) is 1.50. The average molecular weight is 253 g/mol. The Labute approximate surface area is 81.8 Å². The van der Waals surface area contributed by atoms with Crippen molar-refractivity contribution in [3.8, 4) is 0 Å². The Hall–Kier alpha value is -0.750. The first-order valence-electron chi connectivity index (χ1n) is 3.41. The molecule has 0 saturated carbocycles. The third kappa shape index (κ3) is 2.13. The topological polar surface area (TPSA) is 38.0 Å². The Kier molecular flexibility index (Phi) is 3.16. The predicted octanol–water partition coefficient (Wildman–Crippen LogP) is 1.91. The Morgan fingerprint density at radius 2 is 2.31 bits per heavy atom. The van der Waals surface area contributed by atoms with Crippen molar-refractivity contribution in [3.05, 3.63) is 21.9 Å². The molecule has 0 aliphatic carbocycles. The van der Waals surface area contributed by atoms with Crippen LogP contribution in [0.15, 0.2) is 10.6 Å². The van der Waals surface area contributed by atoms with Crippen LogP contribution in [-0.2, 0) is 13.7 Å². The number of aliphatic hydroxyl groups excluding tert-OH is 1. The Bertz CT molecular complexity index is 345. The van der Waals surface area contributed by atoms with Gasteiger partial charge < -0.3 is 5.11 Å². The van der Waals surface area contributed by atoms with Crippen LogP contribution < -0.4 is 0 Å². The molecule has 13 heavy (non-hydrogen) atoms. The molecule has 0 fully saturated rings. The molecular weight excluding hydrogens is 246 g/mol.